The Hall–Kier alpha value is -1.58. The summed E-state index contributed by atoms with van der Waals surface area (Å²) in [4.78, 5) is 6.53. The fourth-order valence-corrected chi connectivity index (χ4v) is 1.87. The average Bonchev–Trinajstić information content (AvgIpc) is 2.15. The van der Waals surface area contributed by atoms with Gasteiger partial charge in [0.2, 0.25) is 0 Å². The van der Waals surface area contributed by atoms with Crippen LogP contribution in [0.1, 0.15) is 30.2 Å². The maximum Gasteiger partial charge on any atom is 0.139 e. The minimum absolute atomic E-state index is 0.0861. The molecule has 88 valence electrons. The molecule has 0 aliphatic carbocycles. The largest absolute Gasteiger partial charge is 0.384 e. The highest BCUT2D eigenvalue weighted by atomic mass is 15.2. The number of hydrogen-bond acceptors (Lipinski definition) is 3. The van der Waals surface area contributed by atoms with Crippen LogP contribution in [-0.2, 0) is 0 Å². The molecule has 0 amide bonds. The molecule has 16 heavy (non-hydrogen) atoms. The third-order valence-corrected chi connectivity index (χ3v) is 2.52. The van der Waals surface area contributed by atoms with E-state index in [1.54, 1.807) is 0 Å². The van der Waals surface area contributed by atoms with Gasteiger partial charge in [0.25, 0.3) is 0 Å². The van der Waals surface area contributed by atoms with E-state index in [0.717, 1.165) is 35.6 Å². The third kappa shape index (κ3) is 2.51. The van der Waals surface area contributed by atoms with Gasteiger partial charge in [-0.25, -0.2) is 4.98 Å². The van der Waals surface area contributed by atoms with E-state index in [0.29, 0.717) is 0 Å². The predicted molar refractivity (Wildman–Crippen MR) is 68.3 cm³/mol. The van der Waals surface area contributed by atoms with Crippen molar-refractivity contribution < 1.29 is 0 Å². The van der Waals surface area contributed by atoms with Gasteiger partial charge in [-0.05, 0) is 31.9 Å². The summed E-state index contributed by atoms with van der Waals surface area (Å²) in [5, 5.41) is 7.62. The number of rotatable bonds is 4. The van der Waals surface area contributed by atoms with Gasteiger partial charge in [0.05, 0.1) is 5.56 Å². The Balaban J connectivity index is 3.29. The first-order valence-electron chi connectivity index (χ1n) is 5.51. The highest BCUT2D eigenvalue weighted by molar-refractivity contribution is 6.01. The molecule has 4 heteroatoms. The molecule has 1 aromatic heterocycles. The Morgan fingerprint density at radius 1 is 1.50 bits per heavy atom. The highest BCUT2D eigenvalue weighted by Gasteiger charge is 2.14. The summed E-state index contributed by atoms with van der Waals surface area (Å²) in [6.45, 7) is 6.96. The number of nitrogens with two attached hydrogens (primary N) is 1. The average molecular weight is 220 g/mol. The smallest absolute Gasteiger partial charge is 0.139 e. The zero-order chi connectivity index (χ0) is 12.3. The molecule has 0 bridgehead atoms. The van der Waals surface area contributed by atoms with E-state index in [1.807, 2.05) is 27.0 Å². The van der Waals surface area contributed by atoms with Gasteiger partial charge in [0.15, 0.2) is 0 Å². The number of pyridine rings is 1. The van der Waals surface area contributed by atoms with Crippen LogP contribution in [0.3, 0.4) is 0 Å². The van der Waals surface area contributed by atoms with Crippen LogP contribution in [-0.4, -0.2) is 24.4 Å². The van der Waals surface area contributed by atoms with Gasteiger partial charge in [-0.2, -0.15) is 0 Å². The van der Waals surface area contributed by atoms with Crippen LogP contribution < -0.4 is 10.6 Å². The normalized spacial score (nSPS) is 10.2. The summed E-state index contributed by atoms with van der Waals surface area (Å²) in [6, 6.07) is 1.96. The van der Waals surface area contributed by atoms with E-state index in [-0.39, 0.29) is 5.84 Å². The summed E-state index contributed by atoms with van der Waals surface area (Å²) < 4.78 is 0. The topological polar surface area (TPSA) is 66.0 Å². The predicted octanol–water partition coefficient (Wildman–Crippen LogP) is 1.83. The molecule has 0 unspecified atom stereocenters. The van der Waals surface area contributed by atoms with Crippen molar-refractivity contribution in [3.8, 4) is 0 Å². The second kappa shape index (κ2) is 4.96. The Kier molecular flexibility index (Phi) is 3.88. The maximum atomic E-state index is 7.62. The van der Waals surface area contributed by atoms with Crippen molar-refractivity contribution in [3.05, 3.63) is 22.9 Å². The number of nitrogen functional groups attached to an aromatic ring is 1. The number of nitrogens with zero attached hydrogens (tertiary/aromatic N) is 2. The molecule has 0 spiro atoms. The van der Waals surface area contributed by atoms with Gasteiger partial charge in [0, 0.05) is 19.3 Å². The standard InChI is InChI=1S/C12H20N4/c1-5-6-16(4)12-10(11(13)14)8(2)7-9(3)15-12/h7H,5-6H2,1-4H3,(H3,13,14). The first kappa shape index (κ1) is 12.5. The molecule has 4 nitrogen and oxygen atoms in total. The fraction of sp³-hybridized carbons (Fsp3) is 0.500. The number of anilines is 1. The molecule has 1 aromatic rings. The summed E-state index contributed by atoms with van der Waals surface area (Å²) >= 11 is 0. The van der Waals surface area contributed by atoms with Gasteiger partial charge in [0.1, 0.15) is 11.7 Å². The second-order valence-electron chi connectivity index (χ2n) is 4.11. The van der Waals surface area contributed by atoms with Crippen molar-refractivity contribution in [2.75, 3.05) is 18.5 Å². The van der Waals surface area contributed by atoms with Crippen LogP contribution in [0.25, 0.3) is 0 Å². The Morgan fingerprint density at radius 3 is 2.62 bits per heavy atom. The number of aryl methyl sites for hydroxylation is 2. The maximum absolute atomic E-state index is 7.62. The van der Waals surface area contributed by atoms with Crippen molar-refractivity contribution in [2.45, 2.75) is 27.2 Å². The monoisotopic (exact) mass is 220 g/mol. The molecular weight excluding hydrogens is 200 g/mol. The lowest BCUT2D eigenvalue weighted by Crippen LogP contribution is -2.25. The Morgan fingerprint density at radius 2 is 2.12 bits per heavy atom. The van der Waals surface area contributed by atoms with E-state index < -0.39 is 0 Å². The van der Waals surface area contributed by atoms with Gasteiger partial charge in [-0.3, -0.25) is 5.41 Å². The SMILES string of the molecule is CCCN(C)c1nc(C)cc(C)c1C(=N)N. The first-order chi connectivity index (χ1) is 7.47. The van der Waals surface area contributed by atoms with Crippen molar-refractivity contribution in [1.29, 1.82) is 5.41 Å². The molecule has 0 fully saturated rings. The summed E-state index contributed by atoms with van der Waals surface area (Å²) in [7, 11) is 1.98. The van der Waals surface area contributed by atoms with Crippen molar-refractivity contribution >= 4 is 11.7 Å². The quantitative estimate of drug-likeness (QED) is 0.601. The first-order valence-corrected chi connectivity index (χ1v) is 5.51. The highest BCUT2D eigenvalue weighted by Crippen LogP contribution is 2.21. The molecule has 0 aromatic carbocycles. The minimum atomic E-state index is 0.0861. The zero-order valence-corrected chi connectivity index (χ0v) is 10.5. The van der Waals surface area contributed by atoms with Crippen molar-refractivity contribution in [1.82, 2.24) is 4.98 Å². The lowest BCUT2D eigenvalue weighted by Gasteiger charge is -2.22. The van der Waals surface area contributed by atoms with E-state index in [9.17, 15) is 0 Å². The van der Waals surface area contributed by atoms with Crippen LogP contribution >= 0.6 is 0 Å². The van der Waals surface area contributed by atoms with Gasteiger partial charge in [-0.15, -0.1) is 0 Å². The van der Waals surface area contributed by atoms with Gasteiger partial charge in [-0.1, -0.05) is 6.92 Å². The lowest BCUT2D eigenvalue weighted by atomic mass is 10.1. The number of aromatic nitrogens is 1. The number of hydrogen-bond donors (Lipinski definition) is 2. The fourth-order valence-electron chi connectivity index (χ4n) is 1.87. The van der Waals surface area contributed by atoms with E-state index in [2.05, 4.69) is 16.8 Å². The van der Waals surface area contributed by atoms with Crippen LogP contribution in [0.15, 0.2) is 6.07 Å². The lowest BCUT2D eigenvalue weighted by molar-refractivity contribution is 0.832. The Labute approximate surface area is 97.0 Å². The van der Waals surface area contributed by atoms with Crippen LogP contribution in [0, 0.1) is 19.3 Å². The summed E-state index contributed by atoms with van der Waals surface area (Å²) in [5.41, 5.74) is 8.34. The molecule has 1 heterocycles. The minimum Gasteiger partial charge on any atom is -0.384 e. The molecule has 1 rings (SSSR count). The van der Waals surface area contributed by atoms with Gasteiger partial charge < -0.3 is 10.6 Å². The van der Waals surface area contributed by atoms with E-state index >= 15 is 0 Å². The Bertz CT molecular complexity index is 398. The molecule has 0 aliphatic heterocycles. The number of nitrogens with one attached hydrogen (secondary N) is 1. The number of amidine groups is 1. The van der Waals surface area contributed by atoms with E-state index in [4.69, 9.17) is 11.1 Å². The molecule has 0 atom stereocenters. The second-order valence-corrected chi connectivity index (χ2v) is 4.11. The summed E-state index contributed by atoms with van der Waals surface area (Å²) in [6.07, 6.45) is 1.04. The van der Waals surface area contributed by atoms with Crippen LogP contribution in [0.5, 0.6) is 0 Å². The molecule has 0 saturated heterocycles. The summed E-state index contributed by atoms with van der Waals surface area (Å²) in [5.74, 6) is 0.898. The van der Waals surface area contributed by atoms with Crippen LogP contribution in [0.4, 0.5) is 5.82 Å². The molecule has 0 saturated carbocycles. The van der Waals surface area contributed by atoms with Crippen molar-refractivity contribution in [3.63, 3.8) is 0 Å². The van der Waals surface area contributed by atoms with Crippen LogP contribution in [0.2, 0.25) is 0 Å². The molecule has 3 N–H and O–H groups in total. The molecular formula is C12H20N4. The molecule has 0 radical (unpaired) electrons. The van der Waals surface area contributed by atoms with E-state index in [1.165, 1.54) is 0 Å². The third-order valence-electron chi connectivity index (χ3n) is 2.52. The molecule has 0 aliphatic rings. The van der Waals surface area contributed by atoms with Gasteiger partial charge >= 0.3 is 0 Å². The van der Waals surface area contributed by atoms with Crippen molar-refractivity contribution in [2.24, 2.45) is 5.73 Å². The zero-order valence-electron chi connectivity index (χ0n) is 10.5.